The van der Waals surface area contributed by atoms with Crippen molar-refractivity contribution in [2.24, 2.45) is 0 Å². The number of benzene rings is 1. The Morgan fingerprint density at radius 1 is 1.21 bits per heavy atom. The lowest BCUT2D eigenvalue weighted by molar-refractivity contribution is 0.207. The Balaban J connectivity index is 2.45. The van der Waals surface area contributed by atoms with Gasteiger partial charge in [-0.25, -0.2) is 0 Å². The number of hydrogen-bond acceptors (Lipinski definition) is 2. The summed E-state index contributed by atoms with van der Waals surface area (Å²) in [5, 5.41) is 15.2. The van der Waals surface area contributed by atoms with E-state index in [9.17, 15) is 5.11 Å². The van der Waals surface area contributed by atoms with Gasteiger partial charge in [0.05, 0.1) is 11.4 Å². The highest BCUT2D eigenvalue weighted by atomic mass is 16.3. The zero-order chi connectivity index (χ0) is 14.0. The molecule has 0 saturated heterocycles. The molecule has 0 spiro atoms. The fourth-order valence-corrected chi connectivity index (χ4v) is 2.35. The fourth-order valence-electron chi connectivity index (χ4n) is 2.35. The minimum absolute atomic E-state index is 0.604. The van der Waals surface area contributed by atoms with Gasteiger partial charge in [0, 0.05) is 6.54 Å². The molecule has 1 aromatic heterocycles. The van der Waals surface area contributed by atoms with E-state index in [1.165, 1.54) is 0 Å². The monoisotopic (exact) mass is 258 g/mol. The first-order valence-corrected chi connectivity index (χ1v) is 6.88. The summed E-state index contributed by atoms with van der Waals surface area (Å²) in [6.07, 6.45) is 0.284. The van der Waals surface area contributed by atoms with E-state index in [2.05, 4.69) is 30.2 Å². The van der Waals surface area contributed by atoms with Gasteiger partial charge in [-0.1, -0.05) is 30.7 Å². The van der Waals surface area contributed by atoms with Crippen LogP contribution in [0, 0.1) is 13.8 Å². The van der Waals surface area contributed by atoms with Crippen molar-refractivity contribution in [3.05, 3.63) is 52.3 Å². The molecule has 0 saturated carbocycles. The van der Waals surface area contributed by atoms with E-state index in [0.717, 1.165) is 41.0 Å². The van der Waals surface area contributed by atoms with Crippen molar-refractivity contribution in [2.75, 3.05) is 0 Å². The Kier molecular flexibility index (Phi) is 4.05. The molecule has 19 heavy (non-hydrogen) atoms. The fraction of sp³-hybridized carbons (Fsp3) is 0.438. The standard InChI is InChI=1S/C16H22N2O/c1-5-13-10-15(18(6-2)17-13)16(19)14-9-11(3)7-8-12(14)4/h7-10,16,19H,5-6H2,1-4H3. The topological polar surface area (TPSA) is 38.0 Å². The van der Waals surface area contributed by atoms with Gasteiger partial charge in [-0.15, -0.1) is 0 Å². The van der Waals surface area contributed by atoms with Crippen molar-refractivity contribution in [3.63, 3.8) is 0 Å². The van der Waals surface area contributed by atoms with Crippen LogP contribution in [-0.2, 0) is 13.0 Å². The minimum atomic E-state index is -0.604. The second-order valence-corrected chi connectivity index (χ2v) is 4.99. The van der Waals surface area contributed by atoms with Crippen LogP contribution in [0.4, 0.5) is 0 Å². The molecule has 0 radical (unpaired) electrons. The van der Waals surface area contributed by atoms with E-state index in [1.54, 1.807) is 0 Å². The third-order valence-electron chi connectivity index (χ3n) is 3.53. The highest BCUT2D eigenvalue weighted by molar-refractivity contribution is 5.36. The zero-order valence-electron chi connectivity index (χ0n) is 12.1. The highest BCUT2D eigenvalue weighted by Crippen LogP contribution is 2.26. The van der Waals surface area contributed by atoms with Crippen LogP contribution in [0.3, 0.4) is 0 Å². The van der Waals surface area contributed by atoms with Crippen LogP contribution in [0.5, 0.6) is 0 Å². The van der Waals surface area contributed by atoms with Gasteiger partial charge in [-0.3, -0.25) is 4.68 Å². The van der Waals surface area contributed by atoms with Crippen LogP contribution in [0.1, 0.15) is 48.0 Å². The third-order valence-corrected chi connectivity index (χ3v) is 3.53. The number of aryl methyl sites for hydroxylation is 4. The molecule has 2 aromatic rings. The summed E-state index contributed by atoms with van der Waals surface area (Å²) in [6.45, 7) is 8.98. The maximum atomic E-state index is 10.7. The maximum absolute atomic E-state index is 10.7. The zero-order valence-corrected chi connectivity index (χ0v) is 12.1. The Morgan fingerprint density at radius 3 is 2.58 bits per heavy atom. The number of aromatic nitrogens is 2. The molecule has 0 aliphatic carbocycles. The second kappa shape index (κ2) is 5.57. The van der Waals surface area contributed by atoms with Gasteiger partial charge in [0.1, 0.15) is 6.10 Å². The predicted octanol–water partition coefficient (Wildman–Crippen LogP) is 3.16. The number of rotatable bonds is 4. The van der Waals surface area contributed by atoms with E-state index in [4.69, 9.17) is 0 Å². The van der Waals surface area contributed by atoms with Gasteiger partial charge in [0.25, 0.3) is 0 Å². The molecular weight excluding hydrogens is 236 g/mol. The summed E-state index contributed by atoms with van der Waals surface area (Å²) >= 11 is 0. The lowest BCUT2D eigenvalue weighted by Crippen LogP contribution is -2.10. The summed E-state index contributed by atoms with van der Waals surface area (Å²) in [7, 11) is 0. The lowest BCUT2D eigenvalue weighted by Gasteiger charge is -2.15. The van der Waals surface area contributed by atoms with Gasteiger partial charge < -0.3 is 5.11 Å². The molecule has 3 nitrogen and oxygen atoms in total. The normalized spacial score (nSPS) is 12.7. The van der Waals surface area contributed by atoms with E-state index < -0.39 is 6.10 Å². The molecule has 1 heterocycles. The summed E-state index contributed by atoms with van der Waals surface area (Å²) in [6, 6.07) is 8.19. The molecule has 102 valence electrons. The first kappa shape index (κ1) is 13.8. The van der Waals surface area contributed by atoms with Crippen LogP contribution < -0.4 is 0 Å². The predicted molar refractivity (Wildman–Crippen MR) is 77.3 cm³/mol. The van der Waals surface area contributed by atoms with E-state index >= 15 is 0 Å². The largest absolute Gasteiger partial charge is 0.382 e. The molecule has 0 bridgehead atoms. The van der Waals surface area contributed by atoms with Crippen molar-refractivity contribution >= 4 is 0 Å². The maximum Gasteiger partial charge on any atom is 0.121 e. The molecule has 1 atom stereocenters. The smallest absolute Gasteiger partial charge is 0.121 e. The Hall–Kier alpha value is -1.61. The van der Waals surface area contributed by atoms with Crippen molar-refractivity contribution in [2.45, 2.75) is 46.8 Å². The number of nitrogens with zero attached hydrogens (tertiary/aromatic N) is 2. The van der Waals surface area contributed by atoms with E-state index in [0.29, 0.717) is 0 Å². The van der Waals surface area contributed by atoms with E-state index in [-0.39, 0.29) is 0 Å². The SMILES string of the molecule is CCc1cc(C(O)c2cc(C)ccc2C)n(CC)n1. The van der Waals surface area contributed by atoms with Crippen LogP contribution in [-0.4, -0.2) is 14.9 Å². The molecule has 1 N–H and O–H groups in total. The molecular formula is C16H22N2O. The van der Waals surface area contributed by atoms with Crippen LogP contribution in [0.2, 0.25) is 0 Å². The van der Waals surface area contributed by atoms with Crippen molar-refractivity contribution in [1.29, 1.82) is 0 Å². The number of aliphatic hydroxyl groups is 1. The lowest BCUT2D eigenvalue weighted by atomic mass is 9.98. The summed E-state index contributed by atoms with van der Waals surface area (Å²) in [4.78, 5) is 0. The molecule has 2 rings (SSSR count). The third kappa shape index (κ3) is 2.71. The van der Waals surface area contributed by atoms with Gasteiger partial charge in [-0.2, -0.15) is 5.10 Å². The highest BCUT2D eigenvalue weighted by Gasteiger charge is 2.18. The number of hydrogen-bond donors (Lipinski definition) is 1. The number of aliphatic hydroxyl groups excluding tert-OH is 1. The average molecular weight is 258 g/mol. The van der Waals surface area contributed by atoms with Gasteiger partial charge in [-0.05, 0) is 44.4 Å². The van der Waals surface area contributed by atoms with E-state index in [1.807, 2.05) is 31.5 Å². The van der Waals surface area contributed by atoms with Crippen LogP contribution in [0.25, 0.3) is 0 Å². The van der Waals surface area contributed by atoms with Crippen molar-refractivity contribution in [1.82, 2.24) is 9.78 Å². The second-order valence-electron chi connectivity index (χ2n) is 4.99. The van der Waals surface area contributed by atoms with Gasteiger partial charge >= 0.3 is 0 Å². The molecule has 1 aromatic carbocycles. The summed E-state index contributed by atoms with van der Waals surface area (Å²) < 4.78 is 1.89. The van der Waals surface area contributed by atoms with Gasteiger partial charge in [0.2, 0.25) is 0 Å². The molecule has 0 fully saturated rings. The van der Waals surface area contributed by atoms with Crippen LogP contribution >= 0.6 is 0 Å². The molecule has 3 heteroatoms. The molecule has 0 amide bonds. The molecule has 0 aliphatic heterocycles. The van der Waals surface area contributed by atoms with Crippen molar-refractivity contribution < 1.29 is 5.11 Å². The Labute approximate surface area is 114 Å². The summed E-state index contributed by atoms with van der Waals surface area (Å²) in [5.41, 5.74) is 5.16. The minimum Gasteiger partial charge on any atom is -0.382 e. The molecule has 0 aliphatic rings. The molecule has 1 unspecified atom stereocenters. The van der Waals surface area contributed by atoms with Gasteiger partial charge in [0.15, 0.2) is 0 Å². The Morgan fingerprint density at radius 2 is 1.95 bits per heavy atom. The average Bonchev–Trinajstić information content (AvgIpc) is 2.84. The summed E-state index contributed by atoms with van der Waals surface area (Å²) in [5.74, 6) is 0. The first-order chi connectivity index (χ1) is 9.06. The first-order valence-electron chi connectivity index (χ1n) is 6.88. The quantitative estimate of drug-likeness (QED) is 0.914. The van der Waals surface area contributed by atoms with Crippen LogP contribution in [0.15, 0.2) is 24.3 Å². The van der Waals surface area contributed by atoms with Crippen molar-refractivity contribution in [3.8, 4) is 0 Å². The Bertz CT molecular complexity index is 572.